The molecule has 1 aliphatic rings. The molecule has 0 aromatic heterocycles. The molecule has 1 fully saturated rings. The van der Waals surface area contributed by atoms with Gasteiger partial charge >= 0.3 is 5.69 Å². The van der Waals surface area contributed by atoms with Gasteiger partial charge in [-0.1, -0.05) is 0 Å². The molecule has 86 valence electrons. The van der Waals surface area contributed by atoms with Crippen molar-refractivity contribution < 1.29 is 14.1 Å². The first-order valence-corrected chi connectivity index (χ1v) is 4.95. The first-order chi connectivity index (χ1) is 7.66. The van der Waals surface area contributed by atoms with Gasteiger partial charge in [0.2, 0.25) is 5.82 Å². The molecular weight excluding hydrogens is 215 g/mol. The summed E-state index contributed by atoms with van der Waals surface area (Å²) in [4.78, 5) is 9.66. The fraction of sp³-hybridized carbons (Fsp3) is 0.400. The van der Waals surface area contributed by atoms with E-state index in [9.17, 15) is 14.5 Å². The third kappa shape index (κ3) is 2.27. The SMILES string of the molecule is O=[N+]([O-])c1ccc(NC2CCOC2)cc1F. The number of hydrogen-bond donors (Lipinski definition) is 1. The number of hydrogen-bond acceptors (Lipinski definition) is 4. The van der Waals surface area contributed by atoms with Gasteiger partial charge < -0.3 is 10.1 Å². The number of nitrogens with zero attached hydrogens (tertiary/aromatic N) is 1. The highest BCUT2D eigenvalue weighted by molar-refractivity contribution is 5.50. The Labute approximate surface area is 91.4 Å². The van der Waals surface area contributed by atoms with Crippen molar-refractivity contribution in [2.75, 3.05) is 18.5 Å². The number of ether oxygens (including phenoxy) is 1. The number of anilines is 1. The molecule has 1 aromatic carbocycles. The molecule has 1 heterocycles. The lowest BCUT2D eigenvalue weighted by molar-refractivity contribution is -0.387. The number of nitrogens with one attached hydrogen (secondary N) is 1. The van der Waals surface area contributed by atoms with E-state index in [0.29, 0.717) is 18.9 Å². The van der Waals surface area contributed by atoms with Crippen molar-refractivity contribution >= 4 is 11.4 Å². The van der Waals surface area contributed by atoms with Gasteiger partial charge in [-0.25, -0.2) is 0 Å². The van der Waals surface area contributed by atoms with Gasteiger partial charge in [0.05, 0.1) is 17.6 Å². The summed E-state index contributed by atoms with van der Waals surface area (Å²) >= 11 is 0. The monoisotopic (exact) mass is 226 g/mol. The van der Waals surface area contributed by atoms with Crippen molar-refractivity contribution in [2.24, 2.45) is 0 Å². The van der Waals surface area contributed by atoms with Crippen LogP contribution in [0.4, 0.5) is 15.8 Å². The molecule has 1 aliphatic heterocycles. The Morgan fingerprint density at radius 3 is 2.94 bits per heavy atom. The smallest absolute Gasteiger partial charge is 0.304 e. The van der Waals surface area contributed by atoms with Crippen molar-refractivity contribution in [3.8, 4) is 0 Å². The van der Waals surface area contributed by atoms with Crippen LogP contribution in [0.5, 0.6) is 0 Å². The zero-order valence-electron chi connectivity index (χ0n) is 8.48. The van der Waals surface area contributed by atoms with Crippen LogP contribution < -0.4 is 5.32 Å². The predicted octanol–water partition coefficient (Wildman–Crippen LogP) is 1.93. The highest BCUT2D eigenvalue weighted by Crippen LogP contribution is 2.22. The average Bonchev–Trinajstić information content (AvgIpc) is 2.70. The molecule has 1 aromatic rings. The van der Waals surface area contributed by atoms with Crippen LogP contribution in [-0.4, -0.2) is 24.2 Å². The fourth-order valence-corrected chi connectivity index (χ4v) is 1.63. The zero-order valence-corrected chi connectivity index (χ0v) is 8.48. The zero-order chi connectivity index (χ0) is 11.5. The summed E-state index contributed by atoms with van der Waals surface area (Å²) in [5, 5.41) is 13.5. The summed E-state index contributed by atoms with van der Waals surface area (Å²) < 4.78 is 18.4. The topological polar surface area (TPSA) is 64.4 Å². The molecule has 1 unspecified atom stereocenters. The summed E-state index contributed by atoms with van der Waals surface area (Å²) in [6.45, 7) is 1.27. The van der Waals surface area contributed by atoms with Crippen molar-refractivity contribution in [3.05, 3.63) is 34.1 Å². The predicted molar refractivity (Wildman–Crippen MR) is 55.9 cm³/mol. The van der Waals surface area contributed by atoms with E-state index in [2.05, 4.69) is 5.32 Å². The molecule has 0 saturated carbocycles. The quantitative estimate of drug-likeness (QED) is 0.631. The standard InChI is InChI=1S/C10H11FN2O3/c11-9-5-7(1-2-10(9)13(14)15)12-8-3-4-16-6-8/h1-2,5,8,12H,3-4,6H2. The first-order valence-electron chi connectivity index (χ1n) is 4.95. The molecule has 5 nitrogen and oxygen atoms in total. The molecule has 0 amide bonds. The number of benzene rings is 1. The maximum Gasteiger partial charge on any atom is 0.304 e. The summed E-state index contributed by atoms with van der Waals surface area (Å²) in [5.41, 5.74) is 0.0341. The van der Waals surface area contributed by atoms with Gasteiger partial charge in [-0.15, -0.1) is 0 Å². The van der Waals surface area contributed by atoms with E-state index in [1.807, 2.05) is 0 Å². The number of nitro groups is 1. The molecule has 2 rings (SSSR count). The van der Waals surface area contributed by atoms with Crippen molar-refractivity contribution in [1.82, 2.24) is 0 Å². The van der Waals surface area contributed by atoms with E-state index in [-0.39, 0.29) is 6.04 Å². The molecule has 0 bridgehead atoms. The van der Waals surface area contributed by atoms with Gasteiger partial charge in [0.1, 0.15) is 0 Å². The minimum atomic E-state index is -0.825. The molecule has 1 N–H and O–H groups in total. The van der Waals surface area contributed by atoms with Gasteiger partial charge in [0, 0.05) is 24.4 Å². The Kier molecular flexibility index (Phi) is 3.00. The van der Waals surface area contributed by atoms with Gasteiger partial charge in [0.15, 0.2) is 0 Å². The Balaban J connectivity index is 2.11. The second kappa shape index (κ2) is 4.44. The number of halogens is 1. The van der Waals surface area contributed by atoms with Crippen LogP contribution in [0.1, 0.15) is 6.42 Å². The third-order valence-electron chi connectivity index (χ3n) is 2.44. The van der Waals surface area contributed by atoms with Crippen LogP contribution in [-0.2, 0) is 4.74 Å². The molecule has 0 radical (unpaired) electrons. The lowest BCUT2D eigenvalue weighted by Crippen LogP contribution is -2.18. The Bertz CT molecular complexity index is 405. The maximum absolute atomic E-state index is 13.3. The lowest BCUT2D eigenvalue weighted by Gasteiger charge is -2.11. The van der Waals surface area contributed by atoms with Gasteiger partial charge in [-0.2, -0.15) is 4.39 Å². The second-order valence-corrected chi connectivity index (χ2v) is 3.63. The molecule has 6 heteroatoms. The third-order valence-corrected chi connectivity index (χ3v) is 2.44. The van der Waals surface area contributed by atoms with Crippen LogP contribution in [0.3, 0.4) is 0 Å². The van der Waals surface area contributed by atoms with E-state index < -0.39 is 16.4 Å². The van der Waals surface area contributed by atoms with E-state index in [1.165, 1.54) is 6.07 Å². The number of rotatable bonds is 3. The van der Waals surface area contributed by atoms with Gasteiger partial charge in [0.25, 0.3) is 0 Å². The summed E-state index contributed by atoms with van der Waals surface area (Å²) in [6, 6.07) is 3.95. The highest BCUT2D eigenvalue weighted by Gasteiger charge is 2.18. The van der Waals surface area contributed by atoms with Crippen LogP contribution in [0.2, 0.25) is 0 Å². The van der Waals surface area contributed by atoms with Crippen molar-refractivity contribution in [3.63, 3.8) is 0 Å². The van der Waals surface area contributed by atoms with Gasteiger partial charge in [-0.05, 0) is 12.5 Å². The average molecular weight is 226 g/mol. The minimum absolute atomic E-state index is 0.154. The minimum Gasteiger partial charge on any atom is -0.380 e. The highest BCUT2D eigenvalue weighted by atomic mass is 19.1. The molecule has 1 saturated heterocycles. The molecule has 0 aliphatic carbocycles. The molecule has 1 atom stereocenters. The summed E-state index contributed by atoms with van der Waals surface area (Å²) in [5.74, 6) is -0.825. The summed E-state index contributed by atoms with van der Waals surface area (Å²) in [6.07, 6.45) is 0.860. The van der Waals surface area contributed by atoms with E-state index in [1.54, 1.807) is 0 Å². The molecule has 16 heavy (non-hydrogen) atoms. The normalized spacial score (nSPS) is 19.7. The van der Waals surface area contributed by atoms with Crippen molar-refractivity contribution in [2.45, 2.75) is 12.5 Å². The van der Waals surface area contributed by atoms with Crippen LogP contribution in [0.25, 0.3) is 0 Å². The van der Waals surface area contributed by atoms with Crippen LogP contribution >= 0.6 is 0 Å². The lowest BCUT2D eigenvalue weighted by atomic mass is 10.2. The van der Waals surface area contributed by atoms with Crippen LogP contribution in [0.15, 0.2) is 18.2 Å². The number of nitro benzene ring substituents is 1. The maximum atomic E-state index is 13.3. The van der Waals surface area contributed by atoms with E-state index >= 15 is 0 Å². The Hall–Kier alpha value is -1.69. The Morgan fingerprint density at radius 2 is 2.38 bits per heavy atom. The van der Waals surface area contributed by atoms with E-state index in [0.717, 1.165) is 18.6 Å². The van der Waals surface area contributed by atoms with Crippen molar-refractivity contribution in [1.29, 1.82) is 0 Å². The first kappa shape index (κ1) is 10.8. The second-order valence-electron chi connectivity index (χ2n) is 3.63. The van der Waals surface area contributed by atoms with Gasteiger partial charge in [-0.3, -0.25) is 10.1 Å². The van der Waals surface area contributed by atoms with E-state index in [4.69, 9.17) is 4.74 Å². The van der Waals surface area contributed by atoms with Crippen LogP contribution in [0, 0.1) is 15.9 Å². The largest absolute Gasteiger partial charge is 0.380 e. The molecule has 0 spiro atoms. The fourth-order valence-electron chi connectivity index (χ4n) is 1.63. The molecular formula is C10H11FN2O3. The Morgan fingerprint density at radius 1 is 1.56 bits per heavy atom. The summed E-state index contributed by atoms with van der Waals surface area (Å²) in [7, 11) is 0.